The second-order valence-corrected chi connectivity index (χ2v) is 6.00. The van der Waals surface area contributed by atoms with E-state index in [1.807, 2.05) is 6.92 Å². The molecule has 106 valence electrons. The first-order valence-electron chi connectivity index (χ1n) is 5.57. The smallest absolute Gasteiger partial charge is 0.264 e. The van der Waals surface area contributed by atoms with Crippen molar-refractivity contribution in [1.29, 1.82) is 0 Å². The molecule has 1 N–H and O–H groups in total. The van der Waals surface area contributed by atoms with Crippen LogP contribution in [0.4, 0.5) is 5.69 Å². The zero-order chi connectivity index (χ0) is 14.8. The first kappa shape index (κ1) is 14.5. The van der Waals surface area contributed by atoms with E-state index < -0.39 is 10.0 Å². The topological polar surface area (TPSA) is 81.2 Å². The molecule has 0 saturated carbocycles. The quantitative estimate of drug-likeness (QED) is 0.876. The average molecular weight is 314 g/mol. The highest BCUT2D eigenvalue weighted by atomic mass is 35.5. The lowest BCUT2D eigenvalue weighted by molar-refractivity contribution is 0.412. The van der Waals surface area contributed by atoms with E-state index in [-0.39, 0.29) is 10.2 Å². The molecule has 2 rings (SSSR count). The van der Waals surface area contributed by atoms with E-state index in [9.17, 15) is 8.42 Å². The number of halogens is 1. The summed E-state index contributed by atoms with van der Waals surface area (Å²) in [6.07, 6.45) is 2.29. The van der Waals surface area contributed by atoms with Crippen molar-refractivity contribution in [2.45, 2.75) is 11.8 Å². The summed E-state index contributed by atoms with van der Waals surface area (Å²) in [5, 5.41) is -0.00996. The molecule has 20 heavy (non-hydrogen) atoms. The zero-order valence-electron chi connectivity index (χ0n) is 10.8. The number of hydrogen-bond donors (Lipinski definition) is 1. The van der Waals surface area contributed by atoms with Gasteiger partial charge in [0.15, 0.2) is 0 Å². The molecule has 8 heteroatoms. The van der Waals surface area contributed by atoms with E-state index in [4.69, 9.17) is 16.3 Å². The normalized spacial score (nSPS) is 11.2. The lowest BCUT2D eigenvalue weighted by Crippen LogP contribution is -2.13. The van der Waals surface area contributed by atoms with E-state index in [2.05, 4.69) is 14.7 Å². The van der Waals surface area contributed by atoms with Crippen molar-refractivity contribution in [2.24, 2.45) is 0 Å². The van der Waals surface area contributed by atoms with E-state index in [1.165, 1.54) is 0 Å². The number of anilines is 1. The Morgan fingerprint density at radius 2 is 1.90 bits per heavy atom. The Bertz CT molecular complexity index is 717. The predicted molar refractivity (Wildman–Crippen MR) is 75.6 cm³/mol. The number of nitrogens with one attached hydrogen (secondary N) is 1. The van der Waals surface area contributed by atoms with Crippen LogP contribution in [-0.2, 0) is 10.0 Å². The molecule has 0 aliphatic heterocycles. The lowest BCUT2D eigenvalue weighted by Gasteiger charge is -2.10. The number of ether oxygens (including phenoxy) is 1. The molecule has 0 saturated heterocycles. The maximum absolute atomic E-state index is 12.1. The van der Waals surface area contributed by atoms with Crippen LogP contribution in [0.1, 0.15) is 5.56 Å². The van der Waals surface area contributed by atoms with Crippen LogP contribution in [0.5, 0.6) is 5.75 Å². The van der Waals surface area contributed by atoms with Gasteiger partial charge in [0.1, 0.15) is 10.6 Å². The SMILES string of the molecule is COc1ccc(NS(=O)(=O)c2cnc(Cl)nc2)cc1C. The molecule has 0 aliphatic carbocycles. The Hall–Kier alpha value is -1.86. The molecule has 2 aromatic rings. The monoisotopic (exact) mass is 313 g/mol. The van der Waals surface area contributed by atoms with E-state index in [0.29, 0.717) is 11.4 Å². The Labute approximate surface area is 121 Å². The molecular formula is C12H12ClN3O3S. The fourth-order valence-corrected chi connectivity index (χ4v) is 2.63. The molecule has 0 amide bonds. The third kappa shape index (κ3) is 3.17. The van der Waals surface area contributed by atoms with Crippen LogP contribution in [0, 0.1) is 6.92 Å². The minimum absolute atomic E-state index is 0.00996. The number of nitrogens with zero attached hydrogens (tertiary/aromatic N) is 2. The van der Waals surface area contributed by atoms with Crippen LogP contribution in [0.15, 0.2) is 35.5 Å². The number of sulfonamides is 1. The number of benzene rings is 1. The minimum Gasteiger partial charge on any atom is -0.496 e. The van der Waals surface area contributed by atoms with Gasteiger partial charge in [0.05, 0.1) is 19.5 Å². The van der Waals surface area contributed by atoms with Crippen LogP contribution < -0.4 is 9.46 Å². The fraction of sp³-hybridized carbons (Fsp3) is 0.167. The van der Waals surface area contributed by atoms with E-state index in [1.54, 1.807) is 25.3 Å². The van der Waals surface area contributed by atoms with Crippen molar-refractivity contribution in [3.63, 3.8) is 0 Å². The second-order valence-electron chi connectivity index (χ2n) is 3.98. The van der Waals surface area contributed by atoms with Crippen molar-refractivity contribution in [1.82, 2.24) is 9.97 Å². The highest BCUT2D eigenvalue weighted by Crippen LogP contribution is 2.23. The highest BCUT2D eigenvalue weighted by Gasteiger charge is 2.15. The third-order valence-electron chi connectivity index (χ3n) is 2.55. The van der Waals surface area contributed by atoms with Gasteiger partial charge in [0, 0.05) is 5.69 Å². The molecule has 0 atom stereocenters. The molecule has 1 aromatic carbocycles. The maximum atomic E-state index is 12.1. The summed E-state index contributed by atoms with van der Waals surface area (Å²) < 4.78 is 31.8. The number of aromatic nitrogens is 2. The molecular weight excluding hydrogens is 302 g/mol. The van der Waals surface area contributed by atoms with Crippen molar-refractivity contribution in [2.75, 3.05) is 11.8 Å². The summed E-state index contributed by atoms with van der Waals surface area (Å²) >= 11 is 5.52. The van der Waals surface area contributed by atoms with Gasteiger partial charge in [0.25, 0.3) is 10.0 Å². The van der Waals surface area contributed by atoms with Gasteiger partial charge in [-0.05, 0) is 42.3 Å². The molecule has 0 fully saturated rings. The fourth-order valence-electron chi connectivity index (χ4n) is 1.60. The molecule has 1 aromatic heterocycles. The van der Waals surface area contributed by atoms with Crippen LogP contribution in [0.3, 0.4) is 0 Å². The number of aryl methyl sites for hydroxylation is 1. The largest absolute Gasteiger partial charge is 0.496 e. The van der Waals surface area contributed by atoms with Gasteiger partial charge in [-0.3, -0.25) is 4.72 Å². The molecule has 0 radical (unpaired) electrons. The molecule has 0 unspecified atom stereocenters. The van der Waals surface area contributed by atoms with Gasteiger partial charge < -0.3 is 4.74 Å². The van der Waals surface area contributed by atoms with Crippen molar-refractivity contribution in [3.05, 3.63) is 41.4 Å². The van der Waals surface area contributed by atoms with Gasteiger partial charge in [-0.2, -0.15) is 0 Å². The van der Waals surface area contributed by atoms with Crippen LogP contribution in [0.2, 0.25) is 5.28 Å². The van der Waals surface area contributed by atoms with E-state index >= 15 is 0 Å². The van der Waals surface area contributed by atoms with Gasteiger partial charge in [0.2, 0.25) is 5.28 Å². The summed E-state index contributed by atoms with van der Waals surface area (Å²) in [6.45, 7) is 1.82. The van der Waals surface area contributed by atoms with Crippen molar-refractivity contribution in [3.8, 4) is 5.75 Å². The van der Waals surface area contributed by atoms with Gasteiger partial charge >= 0.3 is 0 Å². The predicted octanol–water partition coefficient (Wildman–Crippen LogP) is 2.25. The average Bonchev–Trinajstić information content (AvgIpc) is 2.39. The number of hydrogen-bond acceptors (Lipinski definition) is 5. The van der Waals surface area contributed by atoms with Gasteiger partial charge in [-0.25, -0.2) is 18.4 Å². The van der Waals surface area contributed by atoms with Crippen LogP contribution in [-0.4, -0.2) is 25.5 Å². The van der Waals surface area contributed by atoms with E-state index in [0.717, 1.165) is 18.0 Å². The summed E-state index contributed by atoms with van der Waals surface area (Å²) in [5.41, 5.74) is 1.25. The van der Waals surface area contributed by atoms with Crippen molar-refractivity contribution >= 4 is 27.3 Å². The number of methoxy groups -OCH3 is 1. The number of rotatable bonds is 4. The molecule has 0 aliphatic rings. The van der Waals surface area contributed by atoms with Gasteiger partial charge in [-0.15, -0.1) is 0 Å². The standard InChI is InChI=1S/C12H12ClN3O3S/c1-8-5-9(3-4-11(8)19-2)16-20(17,18)10-6-14-12(13)15-7-10/h3-7,16H,1-2H3. The van der Waals surface area contributed by atoms with Crippen LogP contribution >= 0.6 is 11.6 Å². The van der Waals surface area contributed by atoms with Crippen molar-refractivity contribution < 1.29 is 13.2 Å². The second kappa shape index (κ2) is 5.64. The Balaban J connectivity index is 2.28. The van der Waals surface area contributed by atoms with Gasteiger partial charge in [-0.1, -0.05) is 0 Å². The third-order valence-corrected chi connectivity index (χ3v) is 4.09. The Kier molecular flexibility index (Phi) is 4.10. The molecule has 0 spiro atoms. The summed E-state index contributed by atoms with van der Waals surface area (Å²) in [7, 11) is -2.19. The first-order chi connectivity index (χ1) is 9.42. The zero-order valence-corrected chi connectivity index (χ0v) is 12.4. The first-order valence-corrected chi connectivity index (χ1v) is 7.43. The molecule has 0 bridgehead atoms. The van der Waals surface area contributed by atoms with Crippen LogP contribution in [0.25, 0.3) is 0 Å². The lowest BCUT2D eigenvalue weighted by atomic mass is 10.2. The molecule has 6 nitrogen and oxygen atoms in total. The maximum Gasteiger partial charge on any atom is 0.264 e. The summed E-state index contributed by atoms with van der Waals surface area (Å²) in [5.74, 6) is 0.683. The minimum atomic E-state index is -3.74. The highest BCUT2D eigenvalue weighted by molar-refractivity contribution is 7.92. The molecule has 1 heterocycles. The summed E-state index contributed by atoms with van der Waals surface area (Å²) in [4.78, 5) is 7.23. The Morgan fingerprint density at radius 3 is 2.45 bits per heavy atom. The summed E-state index contributed by atoms with van der Waals surface area (Å²) in [6, 6.07) is 4.97. The Morgan fingerprint density at radius 1 is 1.25 bits per heavy atom.